The van der Waals surface area contributed by atoms with E-state index in [1.165, 1.54) is 0 Å². The Morgan fingerprint density at radius 2 is 2.00 bits per heavy atom. The number of benzene rings is 1. The summed E-state index contributed by atoms with van der Waals surface area (Å²) in [7, 11) is 0. The summed E-state index contributed by atoms with van der Waals surface area (Å²) in [6.07, 6.45) is 5.12. The molecule has 0 saturated heterocycles. The van der Waals surface area contributed by atoms with Gasteiger partial charge in [0, 0.05) is 23.2 Å². The second-order valence-electron chi connectivity index (χ2n) is 2.87. The van der Waals surface area contributed by atoms with Crippen LogP contribution in [-0.4, -0.2) is 15.0 Å². The van der Waals surface area contributed by atoms with E-state index >= 15 is 0 Å². The van der Waals surface area contributed by atoms with Gasteiger partial charge < -0.3 is 0 Å². The van der Waals surface area contributed by atoms with E-state index in [0.717, 1.165) is 14.8 Å². The first-order chi connectivity index (χ1) is 7.86. The number of rotatable bonds is 0. The van der Waals surface area contributed by atoms with E-state index in [0.29, 0.717) is 0 Å². The van der Waals surface area contributed by atoms with Crippen molar-refractivity contribution in [2.45, 2.75) is 0 Å². The fraction of sp³-hybridized carbons (Fsp3) is 0. The number of hydrogen-bond donors (Lipinski definition) is 0. The molecule has 3 nitrogen and oxygen atoms in total. The van der Waals surface area contributed by atoms with Crippen LogP contribution >= 0.6 is 27.3 Å². The minimum absolute atomic E-state index is 0.947. The maximum absolute atomic E-state index is 4.07. The molecule has 16 heavy (non-hydrogen) atoms. The van der Waals surface area contributed by atoms with Gasteiger partial charge in [-0.05, 0) is 22.0 Å². The van der Waals surface area contributed by atoms with E-state index in [1.807, 2.05) is 35.8 Å². The van der Waals surface area contributed by atoms with Gasteiger partial charge in [-0.2, -0.15) is 0 Å². The predicted molar refractivity (Wildman–Crippen MR) is 69.4 cm³/mol. The summed E-state index contributed by atoms with van der Waals surface area (Å²) in [4.78, 5) is 11.8. The van der Waals surface area contributed by atoms with Crippen LogP contribution in [-0.2, 0) is 0 Å². The first kappa shape index (κ1) is 11.2. The third kappa shape index (κ3) is 3.08. The summed E-state index contributed by atoms with van der Waals surface area (Å²) in [5.74, 6) is 0. The van der Waals surface area contributed by atoms with Gasteiger partial charge in [-0.15, -0.1) is 11.3 Å². The molecule has 5 heteroatoms. The Bertz CT molecular complexity index is 488. The maximum atomic E-state index is 4.07. The molecule has 0 aliphatic carbocycles. The van der Waals surface area contributed by atoms with Crippen LogP contribution in [0, 0.1) is 0 Å². The van der Waals surface area contributed by atoms with Crippen molar-refractivity contribution in [3.63, 3.8) is 0 Å². The van der Waals surface area contributed by atoms with Crippen LogP contribution in [0.5, 0.6) is 0 Å². The van der Waals surface area contributed by atoms with E-state index in [9.17, 15) is 0 Å². The summed E-state index contributed by atoms with van der Waals surface area (Å²) < 4.78 is 0.947. The van der Waals surface area contributed by atoms with Gasteiger partial charge in [0.25, 0.3) is 0 Å². The van der Waals surface area contributed by atoms with Crippen LogP contribution in [0.4, 0.5) is 0 Å². The molecule has 3 rings (SSSR count). The normalized spacial score (nSPS) is 9.56. The van der Waals surface area contributed by atoms with Crippen molar-refractivity contribution in [1.82, 2.24) is 15.0 Å². The van der Waals surface area contributed by atoms with Crippen LogP contribution in [0.2, 0.25) is 0 Å². The largest absolute Gasteiger partial charge is 0.244 e. The third-order valence-electron chi connectivity index (χ3n) is 1.82. The van der Waals surface area contributed by atoms with E-state index < -0.39 is 0 Å². The fourth-order valence-electron chi connectivity index (χ4n) is 1.13. The average molecular weight is 294 g/mol. The molecule has 2 heterocycles. The topological polar surface area (TPSA) is 38.7 Å². The van der Waals surface area contributed by atoms with Gasteiger partial charge in [0.1, 0.15) is 6.33 Å². The van der Waals surface area contributed by atoms with Crippen LogP contribution in [0.3, 0.4) is 0 Å². The monoisotopic (exact) mass is 293 g/mol. The molecule has 0 atom stereocenters. The van der Waals surface area contributed by atoms with Gasteiger partial charge in [0.2, 0.25) is 0 Å². The molecule has 0 aliphatic heterocycles. The SMILES string of the molecule is Brc1nccs1.c1ccc2ncncc2c1. The van der Waals surface area contributed by atoms with E-state index in [-0.39, 0.29) is 0 Å². The second kappa shape index (κ2) is 5.67. The highest BCUT2D eigenvalue weighted by atomic mass is 79.9. The summed E-state index contributed by atoms with van der Waals surface area (Å²) in [6, 6.07) is 7.91. The lowest BCUT2D eigenvalue weighted by Gasteiger charge is -1.90. The Morgan fingerprint density at radius 3 is 2.62 bits per heavy atom. The van der Waals surface area contributed by atoms with E-state index in [1.54, 1.807) is 23.9 Å². The molecule has 2 aromatic heterocycles. The molecule has 0 N–H and O–H groups in total. The molecule has 0 bridgehead atoms. The van der Waals surface area contributed by atoms with E-state index in [4.69, 9.17) is 0 Å². The lowest BCUT2D eigenvalue weighted by molar-refractivity contribution is 1.22. The molecular formula is C11H8BrN3S. The highest BCUT2D eigenvalue weighted by molar-refractivity contribution is 9.11. The lowest BCUT2D eigenvalue weighted by Crippen LogP contribution is -1.77. The minimum Gasteiger partial charge on any atom is -0.244 e. The van der Waals surface area contributed by atoms with E-state index in [2.05, 4.69) is 30.9 Å². The minimum atomic E-state index is 0.947. The van der Waals surface area contributed by atoms with Gasteiger partial charge in [-0.25, -0.2) is 15.0 Å². The van der Waals surface area contributed by atoms with Crippen LogP contribution in [0.1, 0.15) is 0 Å². The number of hydrogen-bond acceptors (Lipinski definition) is 4. The molecule has 0 fully saturated rings. The zero-order valence-corrected chi connectivity index (χ0v) is 10.6. The molecule has 80 valence electrons. The number of halogens is 1. The molecule has 0 unspecified atom stereocenters. The Labute approximate surface area is 105 Å². The first-order valence-electron chi connectivity index (χ1n) is 4.56. The molecule has 0 aliphatic rings. The zero-order valence-electron chi connectivity index (χ0n) is 8.25. The van der Waals surface area contributed by atoms with Crippen molar-refractivity contribution in [1.29, 1.82) is 0 Å². The number of aromatic nitrogens is 3. The number of fused-ring (bicyclic) bond motifs is 1. The Balaban J connectivity index is 0.000000138. The Morgan fingerprint density at radius 1 is 1.12 bits per heavy atom. The first-order valence-corrected chi connectivity index (χ1v) is 6.23. The molecule has 0 spiro atoms. The van der Waals surface area contributed by atoms with Crippen molar-refractivity contribution in [3.8, 4) is 0 Å². The highest BCUT2D eigenvalue weighted by Gasteiger charge is 1.87. The quantitative estimate of drug-likeness (QED) is 0.636. The standard InChI is InChI=1S/C8H6N2.C3H2BrNS/c1-2-4-8-7(3-1)5-9-6-10-8;4-3-5-1-2-6-3/h1-6H;1-2H. The zero-order chi connectivity index (χ0) is 11.2. The molecule has 3 aromatic rings. The maximum Gasteiger partial charge on any atom is 0.159 e. The Kier molecular flexibility index (Phi) is 3.96. The van der Waals surface area contributed by atoms with Crippen molar-refractivity contribution in [2.24, 2.45) is 0 Å². The lowest BCUT2D eigenvalue weighted by atomic mass is 10.2. The summed E-state index contributed by atoms with van der Waals surface area (Å²) >= 11 is 4.77. The van der Waals surface area contributed by atoms with Crippen LogP contribution < -0.4 is 0 Å². The smallest absolute Gasteiger partial charge is 0.159 e. The molecule has 0 saturated carbocycles. The van der Waals surface area contributed by atoms with Crippen LogP contribution in [0.25, 0.3) is 10.9 Å². The molecule has 0 amide bonds. The van der Waals surface area contributed by atoms with Crippen molar-refractivity contribution < 1.29 is 0 Å². The predicted octanol–water partition coefficient (Wildman–Crippen LogP) is 3.54. The van der Waals surface area contributed by atoms with Crippen molar-refractivity contribution in [3.05, 3.63) is 52.3 Å². The third-order valence-corrected chi connectivity index (χ3v) is 3.14. The summed E-state index contributed by atoms with van der Waals surface area (Å²) in [6.45, 7) is 0. The van der Waals surface area contributed by atoms with Gasteiger partial charge in [-0.3, -0.25) is 0 Å². The number of nitrogens with zero attached hydrogens (tertiary/aromatic N) is 3. The van der Waals surface area contributed by atoms with Gasteiger partial charge in [-0.1, -0.05) is 18.2 Å². The highest BCUT2D eigenvalue weighted by Crippen LogP contribution is 2.10. The van der Waals surface area contributed by atoms with Crippen molar-refractivity contribution >= 4 is 38.2 Å². The molecule has 0 radical (unpaired) electrons. The van der Waals surface area contributed by atoms with Crippen molar-refractivity contribution in [2.75, 3.05) is 0 Å². The molecular weight excluding hydrogens is 286 g/mol. The summed E-state index contributed by atoms with van der Waals surface area (Å²) in [5, 5.41) is 3.01. The summed E-state index contributed by atoms with van der Waals surface area (Å²) in [5.41, 5.74) is 0.998. The number of para-hydroxylation sites is 1. The average Bonchev–Trinajstić information content (AvgIpc) is 2.81. The second-order valence-corrected chi connectivity index (χ2v) is 5.04. The van der Waals surface area contributed by atoms with Gasteiger partial charge in [0.15, 0.2) is 3.92 Å². The van der Waals surface area contributed by atoms with Crippen LogP contribution in [0.15, 0.2) is 52.3 Å². The number of thiazole rings is 1. The molecule has 1 aromatic carbocycles. The van der Waals surface area contributed by atoms with Gasteiger partial charge >= 0.3 is 0 Å². The Hall–Kier alpha value is -1.33. The fourth-order valence-corrected chi connectivity index (χ4v) is 1.93. The van der Waals surface area contributed by atoms with Gasteiger partial charge in [0.05, 0.1) is 5.52 Å².